The molecule has 0 spiro atoms. The van der Waals surface area contributed by atoms with E-state index in [-0.39, 0.29) is 0 Å². The molecule has 2 unspecified atom stereocenters. The zero-order valence-corrected chi connectivity index (χ0v) is 15.2. The second-order valence-corrected chi connectivity index (χ2v) is 7.17. The molecule has 0 saturated heterocycles. The van der Waals surface area contributed by atoms with Crippen molar-refractivity contribution < 1.29 is 0 Å². The lowest BCUT2D eigenvalue weighted by Gasteiger charge is -2.04. The normalized spacial score (nSPS) is 19.4. The molecule has 4 aromatic rings. The maximum atomic E-state index is 4.76. The number of hydrogen-bond acceptors (Lipinski definition) is 5. The maximum Gasteiger partial charge on any atom is 0.180 e. The van der Waals surface area contributed by atoms with Gasteiger partial charge in [0.1, 0.15) is 5.69 Å². The van der Waals surface area contributed by atoms with Gasteiger partial charge in [-0.2, -0.15) is 19.8 Å². The third kappa shape index (κ3) is 2.25. The van der Waals surface area contributed by atoms with E-state index in [9.17, 15) is 0 Å². The number of nitrogens with zero attached hydrogens (tertiary/aromatic N) is 8. The molecule has 0 aromatic carbocycles. The van der Waals surface area contributed by atoms with Crippen molar-refractivity contribution in [2.45, 2.75) is 32.1 Å². The van der Waals surface area contributed by atoms with E-state index in [1.54, 1.807) is 4.52 Å². The molecule has 0 amide bonds. The average Bonchev–Trinajstić information content (AvgIpc) is 2.91. The molecule has 0 aliphatic heterocycles. The van der Waals surface area contributed by atoms with Crippen LogP contribution in [0.5, 0.6) is 0 Å². The molecule has 4 aromatic heterocycles. The van der Waals surface area contributed by atoms with Gasteiger partial charge in [-0.05, 0) is 49.4 Å². The van der Waals surface area contributed by atoms with Crippen LogP contribution in [0, 0.1) is 13.8 Å². The molecule has 132 valence electrons. The molecule has 4 heterocycles. The van der Waals surface area contributed by atoms with Crippen molar-refractivity contribution in [3.63, 3.8) is 0 Å². The van der Waals surface area contributed by atoms with Crippen LogP contribution in [0.1, 0.15) is 40.9 Å². The summed E-state index contributed by atoms with van der Waals surface area (Å²) in [7, 11) is 3.93. The summed E-state index contributed by atoms with van der Waals surface area (Å²) >= 11 is 0. The molecular formula is C18H20N8. The van der Waals surface area contributed by atoms with Crippen molar-refractivity contribution in [1.82, 2.24) is 39.4 Å². The van der Waals surface area contributed by atoms with Gasteiger partial charge in [0.15, 0.2) is 11.5 Å². The van der Waals surface area contributed by atoms with Crippen LogP contribution in [0.15, 0.2) is 24.5 Å². The minimum Gasteiger partial charge on any atom is -0.276 e. The van der Waals surface area contributed by atoms with Gasteiger partial charge in [0.2, 0.25) is 0 Å². The lowest BCUT2D eigenvalue weighted by atomic mass is 10.1. The Labute approximate surface area is 150 Å². The maximum absolute atomic E-state index is 4.76. The Morgan fingerprint density at radius 1 is 1.04 bits per heavy atom. The van der Waals surface area contributed by atoms with E-state index in [1.165, 1.54) is 5.56 Å². The molecule has 1 aliphatic carbocycles. The summed E-state index contributed by atoms with van der Waals surface area (Å²) in [4.78, 5) is 0. The van der Waals surface area contributed by atoms with Crippen LogP contribution < -0.4 is 0 Å². The van der Waals surface area contributed by atoms with Crippen molar-refractivity contribution >= 4 is 5.65 Å². The van der Waals surface area contributed by atoms with E-state index >= 15 is 0 Å². The zero-order chi connectivity index (χ0) is 18.0. The van der Waals surface area contributed by atoms with Gasteiger partial charge < -0.3 is 0 Å². The highest BCUT2D eigenvalue weighted by Gasteiger charge is 2.42. The summed E-state index contributed by atoms with van der Waals surface area (Å²) < 4.78 is 5.58. The van der Waals surface area contributed by atoms with Gasteiger partial charge in [0, 0.05) is 26.2 Å². The number of rotatable bonds is 3. The standard InChI is InChI=1S/C18H20N8/c1-10-5-16(23-26-11(2)20-21-18(10)26)17-7-15(22-25(17)4)14-6-13(14)12-8-19-24(3)9-12/h5,7-9,13-14H,6H2,1-4H3. The third-order valence-corrected chi connectivity index (χ3v) is 5.19. The number of hydrogen-bond donors (Lipinski definition) is 0. The highest BCUT2D eigenvalue weighted by molar-refractivity contribution is 5.60. The van der Waals surface area contributed by atoms with Gasteiger partial charge in [-0.25, -0.2) is 0 Å². The summed E-state index contributed by atoms with van der Waals surface area (Å²) in [6, 6.07) is 4.21. The Morgan fingerprint density at radius 2 is 1.88 bits per heavy atom. The van der Waals surface area contributed by atoms with Crippen molar-refractivity contribution in [3.05, 3.63) is 47.2 Å². The first-order valence-electron chi connectivity index (χ1n) is 8.74. The summed E-state index contributed by atoms with van der Waals surface area (Å²) in [6.45, 7) is 3.94. The van der Waals surface area contributed by atoms with Crippen LogP contribution in [0.3, 0.4) is 0 Å². The van der Waals surface area contributed by atoms with E-state index in [0.29, 0.717) is 11.8 Å². The number of fused-ring (bicyclic) bond motifs is 1. The molecule has 1 saturated carbocycles. The molecule has 1 fully saturated rings. The molecular weight excluding hydrogens is 328 g/mol. The molecule has 0 radical (unpaired) electrons. The van der Waals surface area contributed by atoms with Crippen molar-refractivity contribution in [3.8, 4) is 11.4 Å². The highest BCUT2D eigenvalue weighted by atomic mass is 15.4. The van der Waals surface area contributed by atoms with E-state index < -0.39 is 0 Å². The van der Waals surface area contributed by atoms with Gasteiger partial charge >= 0.3 is 0 Å². The SMILES string of the molecule is Cc1cc(-c2cc(C3CC3c3cnn(C)c3)nn2C)nn2c(C)nnc12. The fraction of sp³-hybridized carbons (Fsp3) is 0.389. The Bertz CT molecular complexity index is 1130. The fourth-order valence-electron chi connectivity index (χ4n) is 3.69. The number of aryl methyl sites for hydroxylation is 4. The first-order chi connectivity index (χ1) is 12.5. The zero-order valence-electron chi connectivity index (χ0n) is 15.2. The first-order valence-corrected chi connectivity index (χ1v) is 8.74. The number of aromatic nitrogens is 8. The summed E-state index contributed by atoms with van der Waals surface area (Å²) in [5.74, 6) is 1.76. The molecule has 8 heteroatoms. The molecule has 0 N–H and O–H groups in total. The van der Waals surface area contributed by atoms with Crippen molar-refractivity contribution in [1.29, 1.82) is 0 Å². The minimum atomic E-state index is 0.459. The third-order valence-electron chi connectivity index (χ3n) is 5.19. The van der Waals surface area contributed by atoms with E-state index in [2.05, 4.69) is 33.6 Å². The van der Waals surface area contributed by atoms with Crippen LogP contribution in [0.25, 0.3) is 17.0 Å². The predicted octanol–water partition coefficient (Wildman–Crippen LogP) is 2.15. The van der Waals surface area contributed by atoms with Gasteiger partial charge in [-0.3, -0.25) is 9.36 Å². The van der Waals surface area contributed by atoms with E-state index in [4.69, 9.17) is 10.2 Å². The van der Waals surface area contributed by atoms with Crippen molar-refractivity contribution in [2.24, 2.45) is 14.1 Å². The molecule has 5 rings (SSSR count). The Kier molecular flexibility index (Phi) is 3.07. The smallest absolute Gasteiger partial charge is 0.180 e. The van der Waals surface area contributed by atoms with Crippen LogP contribution in [-0.4, -0.2) is 39.4 Å². The van der Waals surface area contributed by atoms with Crippen LogP contribution in [0.2, 0.25) is 0 Å². The lowest BCUT2D eigenvalue weighted by molar-refractivity contribution is 0.741. The lowest BCUT2D eigenvalue weighted by Crippen LogP contribution is -2.02. The summed E-state index contributed by atoms with van der Waals surface area (Å²) in [5, 5.41) is 22.1. The second kappa shape index (κ2) is 5.23. The van der Waals surface area contributed by atoms with Crippen LogP contribution >= 0.6 is 0 Å². The van der Waals surface area contributed by atoms with Crippen molar-refractivity contribution in [2.75, 3.05) is 0 Å². The van der Waals surface area contributed by atoms with Gasteiger partial charge in [-0.15, -0.1) is 10.2 Å². The average molecular weight is 348 g/mol. The summed E-state index contributed by atoms with van der Waals surface area (Å²) in [5.41, 5.74) is 6.16. The quantitative estimate of drug-likeness (QED) is 0.567. The summed E-state index contributed by atoms with van der Waals surface area (Å²) in [6.07, 6.45) is 5.18. The van der Waals surface area contributed by atoms with Gasteiger partial charge in [-0.1, -0.05) is 0 Å². The first kappa shape index (κ1) is 15.2. The largest absolute Gasteiger partial charge is 0.276 e. The Balaban J connectivity index is 1.51. The van der Waals surface area contributed by atoms with Gasteiger partial charge in [0.05, 0.1) is 17.6 Å². The van der Waals surface area contributed by atoms with Crippen LogP contribution in [-0.2, 0) is 14.1 Å². The predicted molar refractivity (Wildman–Crippen MR) is 95.8 cm³/mol. The highest BCUT2D eigenvalue weighted by Crippen LogP contribution is 2.54. The Hall–Kier alpha value is -3.03. The van der Waals surface area contributed by atoms with Gasteiger partial charge in [0.25, 0.3) is 0 Å². The molecule has 2 atom stereocenters. The van der Waals surface area contributed by atoms with E-state index in [0.717, 1.165) is 40.5 Å². The second-order valence-electron chi connectivity index (χ2n) is 7.17. The fourth-order valence-corrected chi connectivity index (χ4v) is 3.69. The van der Waals surface area contributed by atoms with E-state index in [1.807, 2.05) is 43.5 Å². The Morgan fingerprint density at radius 3 is 2.65 bits per heavy atom. The molecule has 0 bridgehead atoms. The molecule has 26 heavy (non-hydrogen) atoms. The minimum absolute atomic E-state index is 0.459. The molecule has 8 nitrogen and oxygen atoms in total. The monoisotopic (exact) mass is 348 g/mol. The molecule has 1 aliphatic rings. The van der Waals surface area contributed by atoms with Crippen LogP contribution in [0.4, 0.5) is 0 Å². The topological polar surface area (TPSA) is 78.7 Å².